The Labute approximate surface area is 93.6 Å². The summed E-state index contributed by atoms with van der Waals surface area (Å²) in [7, 11) is 1.62. The molecule has 0 aliphatic carbocycles. The number of nitrogens with one attached hydrogen (secondary N) is 2. The van der Waals surface area contributed by atoms with Gasteiger partial charge in [-0.1, -0.05) is 0 Å². The smallest absolute Gasteiger partial charge is 0.223 e. The van der Waals surface area contributed by atoms with Crippen molar-refractivity contribution in [2.75, 3.05) is 13.7 Å². The van der Waals surface area contributed by atoms with Crippen LogP contribution in [0.25, 0.3) is 10.9 Å². The highest BCUT2D eigenvalue weighted by Gasteiger charge is 2.00. The molecule has 0 spiro atoms. The zero-order chi connectivity index (χ0) is 11.4. The Bertz CT molecular complexity index is 490. The van der Waals surface area contributed by atoms with Gasteiger partial charge in [-0.15, -0.1) is 0 Å². The van der Waals surface area contributed by atoms with Crippen molar-refractivity contribution in [3.05, 3.63) is 30.5 Å². The topological polar surface area (TPSA) is 54.1 Å². The van der Waals surface area contributed by atoms with E-state index in [1.54, 1.807) is 7.05 Å². The predicted molar refractivity (Wildman–Crippen MR) is 62.5 cm³/mol. The lowest BCUT2D eigenvalue weighted by molar-refractivity contribution is -0.121. The van der Waals surface area contributed by atoms with Crippen LogP contribution in [0.3, 0.4) is 0 Å². The van der Waals surface area contributed by atoms with Crippen LogP contribution in [0.15, 0.2) is 30.5 Å². The summed E-state index contributed by atoms with van der Waals surface area (Å²) in [5.74, 6) is 0.777. The van der Waals surface area contributed by atoms with E-state index in [2.05, 4.69) is 10.3 Å². The van der Waals surface area contributed by atoms with E-state index in [1.807, 2.05) is 30.5 Å². The summed E-state index contributed by atoms with van der Waals surface area (Å²) in [6.07, 6.45) is 2.26. The van der Waals surface area contributed by atoms with Gasteiger partial charge >= 0.3 is 0 Å². The second-order valence-electron chi connectivity index (χ2n) is 3.50. The van der Waals surface area contributed by atoms with E-state index in [-0.39, 0.29) is 5.91 Å². The Morgan fingerprint density at radius 1 is 1.44 bits per heavy atom. The van der Waals surface area contributed by atoms with Crippen LogP contribution in [0.1, 0.15) is 6.42 Å². The minimum absolute atomic E-state index is 0.0114. The molecule has 0 saturated heterocycles. The van der Waals surface area contributed by atoms with Crippen molar-refractivity contribution in [2.45, 2.75) is 6.42 Å². The Hall–Kier alpha value is -1.97. The zero-order valence-corrected chi connectivity index (χ0v) is 9.12. The van der Waals surface area contributed by atoms with Crippen LogP contribution >= 0.6 is 0 Å². The largest absolute Gasteiger partial charge is 0.493 e. The molecule has 1 heterocycles. The molecular weight excluding hydrogens is 204 g/mol. The fraction of sp³-hybridized carbons (Fsp3) is 0.250. The third-order valence-corrected chi connectivity index (χ3v) is 2.40. The Balaban J connectivity index is 1.96. The number of fused-ring (bicyclic) bond motifs is 1. The van der Waals surface area contributed by atoms with Crippen molar-refractivity contribution >= 4 is 16.8 Å². The van der Waals surface area contributed by atoms with Gasteiger partial charge in [0, 0.05) is 24.1 Å². The lowest BCUT2D eigenvalue weighted by Gasteiger charge is -2.05. The van der Waals surface area contributed by atoms with Crippen LogP contribution in [0, 0.1) is 0 Å². The van der Waals surface area contributed by atoms with E-state index in [0.29, 0.717) is 13.0 Å². The highest BCUT2D eigenvalue weighted by atomic mass is 16.5. The number of hydrogen-bond donors (Lipinski definition) is 2. The SMILES string of the molecule is CNC(=O)CCOc1ccc2[nH]ccc2c1. The van der Waals surface area contributed by atoms with Crippen LogP contribution in [0.5, 0.6) is 5.75 Å². The number of ether oxygens (including phenoxy) is 1. The molecule has 2 aromatic rings. The number of amides is 1. The lowest BCUT2D eigenvalue weighted by Crippen LogP contribution is -2.20. The predicted octanol–water partition coefficient (Wildman–Crippen LogP) is 1.68. The first-order valence-electron chi connectivity index (χ1n) is 5.20. The molecule has 0 aliphatic heterocycles. The summed E-state index contributed by atoms with van der Waals surface area (Å²) in [6, 6.07) is 7.80. The highest BCUT2D eigenvalue weighted by molar-refractivity contribution is 5.80. The van der Waals surface area contributed by atoms with Gasteiger partial charge in [-0.25, -0.2) is 0 Å². The monoisotopic (exact) mass is 218 g/mol. The number of rotatable bonds is 4. The number of carbonyl (C=O) groups is 1. The van der Waals surface area contributed by atoms with Crippen LogP contribution in [0.2, 0.25) is 0 Å². The van der Waals surface area contributed by atoms with E-state index in [9.17, 15) is 4.79 Å². The standard InChI is InChI=1S/C12H14N2O2/c1-13-12(15)5-7-16-10-2-3-11-9(8-10)4-6-14-11/h2-4,6,8,14H,5,7H2,1H3,(H,13,15). The van der Waals surface area contributed by atoms with Crippen molar-refractivity contribution in [3.8, 4) is 5.75 Å². The first-order chi connectivity index (χ1) is 7.79. The van der Waals surface area contributed by atoms with E-state index < -0.39 is 0 Å². The maximum absolute atomic E-state index is 11.0. The Kier molecular flexibility index (Phi) is 3.10. The van der Waals surface area contributed by atoms with E-state index in [1.165, 1.54) is 0 Å². The van der Waals surface area contributed by atoms with Crippen LogP contribution < -0.4 is 10.1 Å². The molecule has 0 aliphatic rings. The molecule has 0 unspecified atom stereocenters. The van der Waals surface area contributed by atoms with Crippen molar-refractivity contribution in [1.82, 2.24) is 10.3 Å². The molecule has 0 fully saturated rings. The fourth-order valence-electron chi connectivity index (χ4n) is 1.51. The fourth-order valence-corrected chi connectivity index (χ4v) is 1.51. The third-order valence-electron chi connectivity index (χ3n) is 2.40. The van der Waals surface area contributed by atoms with Crippen molar-refractivity contribution in [2.24, 2.45) is 0 Å². The molecule has 1 aromatic carbocycles. The number of hydrogen-bond acceptors (Lipinski definition) is 2. The normalized spacial score (nSPS) is 10.3. The number of benzene rings is 1. The van der Waals surface area contributed by atoms with Gasteiger partial charge in [0.1, 0.15) is 5.75 Å². The van der Waals surface area contributed by atoms with Gasteiger partial charge in [0.05, 0.1) is 13.0 Å². The van der Waals surface area contributed by atoms with Gasteiger partial charge in [0.2, 0.25) is 5.91 Å². The van der Waals surface area contributed by atoms with Crippen molar-refractivity contribution in [1.29, 1.82) is 0 Å². The second-order valence-corrected chi connectivity index (χ2v) is 3.50. The quantitative estimate of drug-likeness (QED) is 0.820. The average molecular weight is 218 g/mol. The van der Waals surface area contributed by atoms with Gasteiger partial charge in [0.25, 0.3) is 0 Å². The highest BCUT2D eigenvalue weighted by Crippen LogP contribution is 2.19. The summed E-state index contributed by atoms with van der Waals surface area (Å²) in [4.78, 5) is 14.1. The van der Waals surface area contributed by atoms with Crippen LogP contribution in [-0.4, -0.2) is 24.5 Å². The van der Waals surface area contributed by atoms with E-state index in [4.69, 9.17) is 4.74 Å². The van der Waals surface area contributed by atoms with Crippen LogP contribution in [0.4, 0.5) is 0 Å². The molecule has 84 valence electrons. The van der Waals surface area contributed by atoms with Gasteiger partial charge in [-0.05, 0) is 24.3 Å². The molecule has 1 aromatic heterocycles. The number of aromatic amines is 1. The summed E-state index contributed by atoms with van der Waals surface area (Å²) in [6.45, 7) is 0.398. The van der Waals surface area contributed by atoms with Crippen molar-refractivity contribution < 1.29 is 9.53 Å². The summed E-state index contributed by atoms with van der Waals surface area (Å²) < 4.78 is 5.48. The molecule has 0 radical (unpaired) electrons. The molecule has 0 bridgehead atoms. The van der Waals surface area contributed by atoms with Gasteiger partial charge in [-0.2, -0.15) is 0 Å². The lowest BCUT2D eigenvalue weighted by atomic mass is 10.2. The molecule has 0 atom stereocenters. The molecule has 4 nitrogen and oxygen atoms in total. The van der Waals surface area contributed by atoms with Crippen molar-refractivity contribution in [3.63, 3.8) is 0 Å². The van der Waals surface area contributed by atoms with Gasteiger partial charge in [0.15, 0.2) is 0 Å². The van der Waals surface area contributed by atoms with Crippen LogP contribution in [-0.2, 0) is 4.79 Å². The molecule has 16 heavy (non-hydrogen) atoms. The van der Waals surface area contributed by atoms with Gasteiger partial charge < -0.3 is 15.0 Å². The summed E-state index contributed by atoms with van der Waals surface area (Å²) >= 11 is 0. The number of aromatic nitrogens is 1. The zero-order valence-electron chi connectivity index (χ0n) is 9.12. The molecular formula is C12H14N2O2. The molecule has 0 saturated carbocycles. The Morgan fingerprint density at radius 2 is 2.31 bits per heavy atom. The first kappa shape index (κ1) is 10.5. The average Bonchev–Trinajstić information content (AvgIpc) is 2.76. The second kappa shape index (κ2) is 4.70. The van der Waals surface area contributed by atoms with Gasteiger partial charge in [-0.3, -0.25) is 4.79 Å². The number of carbonyl (C=O) groups excluding carboxylic acids is 1. The molecule has 4 heteroatoms. The Morgan fingerprint density at radius 3 is 3.12 bits per heavy atom. The maximum atomic E-state index is 11.0. The first-order valence-corrected chi connectivity index (χ1v) is 5.20. The molecule has 1 amide bonds. The molecule has 2 rings (SSSR count). The number of H-pyrrole nitrogens is 1. The summed E-state index contributed by atoms with van der Waals surface area (Å²) in [5.41, 5.74) is 1.08. The molecule has 2 N–H and O–H groups in total. The maximum Gasteiger partial charge on any atom is 0.223 e. The third kappa shape index (κ3) is 2.34. The summed E-state index contributed by atoms with van der Waals surface area (Å²) in [5, 5.41) is 3.66. The minimum atomic E-state index is -0.0114. The van der Waals surface area contributed by atoms with E-state index in [0.717, 1.165) is 16.7 Å². The van der Waals surface area contributed by atoms with E-state index >= 15 is 0 Å². The minimum Gasteiger partial charge on any atom is -0.493 e.